The summed E-state index contributed by atoms with van der Waals surface area (Å²) in [5.41, 5.74) is 1.71. The van der Waals surface area contributed by atoms with E-state index < -0.39 is 0 Å². The number of methoxy groups -OCH3 is 1. The number of benzene rings is 2. The van der Waals surface area contributed by atoms with Gasteiger partial charge in [0, 0.05) is 12.0 Å². The van der Waals surface area contributed by atoms with E-state index >= 15 is 0 Å². The smallest absolute Gasteiger partial charge is 0.306 e. The zero-order valence-corrected chi connectivity index (χ0v) is 15.9. The molecule has 142 valence electrons. The third-order valence-electron chi connectivity index (χ3n) is 4.03. The molecule has 4 aromatic rings. The van der Waals surface area contributed by atoms with Crippen LogP contribution in [0, 0.1) is 0 Å². The summed E-state index contributed by atoms with van der Waals surface area (Å²) in [7, 11) is 1.59. The Hall–Kier alpha value is -3.26. The predicted molar refractivity (Wildman–Crippen MR) is 104 cm³/mol. The number of carbonyl (C=O) groups excluding carboxylic acids is 1. The van der Waals surface area contributed by atoms with Crippen molar-refractivity contribution in [3.05, 3.63) is 59.4 Å². The summed E-state index contributed by atoms with van der Waals surface area (Å²) in [5, 5.41) is 4.83. The molecule has 0 N–H and O–H groups in total. The molecule has 8 heteroatoms. The summed E-state index contributed by atoms with van der Waals surface area (Å²) >= 11 is 1.59. The fourth-order valence-corrected chi connectivity index (χ4v) is 3.61. The number of aryl methyl sites for hydroxylation is 1. The van der Waals surface area contributed by atoms with Gasteiger partial charge in [-0.3, -0.25) is 4.79 Å². The molecule has 7 nitrogen and oxygen atoms in total. The highest BCUT2D eigenvalue weighted by atomic mass is 32.1. The average Bonchev–Trinajstić information content (AvgIpc) is 3.37. The van der Waals surface area contributed by atoms with Gasteiger partial charge in [-0.1, -0.05) is 29.4 Å². The Kier molecular flexibility index (Phi) is 5.29. The van der Waals surface area contributed by atoms with Gasteiger partial charge in [-0.2, -0.15) is 4.98 Å². The molecule has 0 saturated carbocycles. The van der Waals surface area contributed by atoms with E-state index in [0.29, 0.717) is 18.0 Å². The normalized spacial score (nSPS) is 10.9. The number of nitrogens with zero attached hydrogens (tertiary/aromatic N) is 3. The van der Waals surface area contributed by atoms with Crippen molar-refractivity contribution >= 4 is 27.5 Å². The van der Waals surface area contributed by atoms with Gasteiger partial charge in [-0.25, -0.2) is 4.98 Å². The second-order valence-corrected chi connectivity index (χ2v) is 7.09. The highest BCUT2D eigenvalue weighted by Gasteiger charge is 2.13. The fraction of sp³-hybridized carbons (Fsp3) is 0.200. The lowest BCUT2D eigenvalue weighted by Gasteiger charge is -2.00. The standard InChI is InChI=1S/C20H17N3O4S/c1-25-14-6-4-5-13(11-14)20-22-17(27-23-20)12-26-19(24)10-9-18-21-15-7-2-3-8-16(15)28-18/h2-8,11H,9-10,12H2,1H3. The molecule has 2 aromatic heterocycles. The van der Waals surface area contributed by atoms with Crippen LogP contribution in [0.3, 0.4) is 0 Å². The van der Waals surface area contributed by atoms with Crippen LogP contribution in [-0.2, 0) is 22.6 Å². The first-order valence-electron chi connectivity index (χ1n) is 8.68. The van der Waals surface area contributed by atoms with Gasteiger partial charge in [-0.05, 0) is 24.3 Å². The van der Waals surface area contributed by atoms with Crippen molar-refractivity contribution in [2.24, 2.45) is 0 Å². The molecule has 0 aliphatic rings. The summed E-state index contributed by atoms with van der Waals surface area (Å²) in [4.78, 5) is 20.8. The number of aromatic nitrogens is 3. The largest absolute Gasteiger partial charge is 0.497 e. The monoisotopic (exact) mass is 395 g/mol. The number of ether oxygens (including phenoxy) is 2. The van der Waals surface area contributed by atoms with Crippen molar-refractivity contribution in [1.29, 1.82) is 0 Å². The summed E-state index contributed by atoms with van der Waals surface area (Å²) in [6.45, 7) is -0.0599. The zero-order valence-electron chi connectivity index (χ0n) is 15.1. The van der Waals surface area contributed by atoms with Crippen LogP contribution in [0.2, 0.25) is 0 Å². The van der Waals surface area contributed by atoms with Crippen LogP contribution in [-0.4, -0.2) is 28.2 Å². The van der Waals surface area contributed by atoms with E-state index in [0.717, 1.165) is 20.8 Å². The molecule has 2 heterocycles. The molecule has 0 saturated heterocycles. The Balaban J connectivity index is 1.30. The zero-order chi connectivity index (χ0) is 19.3. The molecule has 0 amide bonds. The second kappa shape index (κ2) is 8.18. The first-order valence-corrected chi connectivity index (χ1v) is 9.50. The Morgan fingerprint density at radius 1 is 1.14 bits per heavy atom. The third kappa shape index (κ3) is 4.17. The van der Waals surface area contributed by atoms with Crippen LogP contribution >= 0.6 is 11.3 Å². The second-order valence-electron chi connectivity index (χ2n) is 5.98. The lowest BCUT2D eigenvalue weighted by Crippen LogP contribution is -2.06. The first-order chi connectivity index (χ1) is 13.7. The molecule has 0 atom stereocenters. The summed E-state index contributed by atoms with van der Waals surface area (Å²) in [6.07, 6.45) is 0.785. The van der Waals surface area contributed by atoms with E-state index in [1.54, 1.807) is 24.5 Å². The Bertz CT molecular complexity index is 1070. The highest BCUT2D eigenvalue weighted by Crippen LogP contribution is 2.23. The van der Waals surface area contributed by atoms with Crippen LogP contribution in [0.5, 0.6) is 5.75 Å². The van der Waals surface area contributed by atoms with Gasteiger partial charge in [0.25, 0.3) is 5.89 Å². The van der Waals surface area contributed by atoms with Crippen LogP contribution in [0.25, 0.3) is 21.6 Å². The molecular weight excluding hydrogens is 378 g/mol. The average molecular weight is 395 g/mol. The predicted octanol–water partition coefficient (Wildman–Crippen LogP) is 4.03. The number of hydrogen-bond acceptors (Lipinski definition) is 8. The molecule has 0 radical (unpaired) electrons. The minimum absolute atomic E-state index is 0.0599. The SMILES string of the molecule is COc1cccc(-c2noc(COC(=O)CCc3nc4ccccc4s3)n2)c1. The molecule has 28 heavy (non-hydrogen) atoms. The molecule has 0 aliphatic heterocycles. The minimum atomic E-state index is -0.333. The number of thiazole rings is 1. The van der Waals surface area contributed by atoms with Crippen molar-refractivity contribution in [2.75, 3.05) is 7.11 Å². The summed E-state index contributed by atoms with van der Waals surface area (Å²) in [6, 6.07) is 15.2. The van der Waals surface area contributed by atoms with Crippen molar-refractivity contribution in [1.82, 2.24) is 15.1 Å². The molecular formula is C20H17N3O4S. The first kappa shape index (κ1) is 18.1. The van der Waals surface area contributed by atoms with Crippen LogP contribution in [0.1, 0.15) is 17.3 Å². The molecule has 0 fully saturated rings. The lowest BCUT2D eigenvalue weighted by molar-refractivity contribution is -0.145. The van der Waals surface area contributed by atoms with E-state index in [2.05, 4.69) is 15.1 Å². The molecule has 0 aliphatic carbocycles. The topological polar surface area (TPSA) is 87.3 Å². The summed E-state index contributed by atoms with van der Waals surface area (Å²) < 4.78 is 16.7. The van der Waals surface area contributed by atoms with Crippen LogP contribution < -0.4 is 4.74 Å². The lowest BCUT2D eigenvalue weighted by atomic mass is 10.2. The van der Waals surface area contributed by atoms with Gasteiger partial charge in [0.15, 0.2) is 6.61 Å². The van der Waals surface area contributed by atoms with Gasteiger partial charge in [0.2, 0.25) is 5.82 Å². The number of hydrogen-bond donors (Lipinski definition) is 0. The molecule has 2 aromatic carbocycles. The van der Waals surface area contributed by atoms with Gasteiger partial charge in [0.05, 0.1) is 28.8 Å². The highest BCUT2D eigenvalue weighted by molar-refractivity contribution is 7.18. The maximum absolute atomic E-state index is 12.0. The van der Waals surface area contributed by atoms with Crippen molar-refractivity contribution in [2.45, 2.75) is 19.4 Å². The van der Waals surface area contributed by atoms with E-state index in [-0.39, 0.29) is 24.9 Å². The van der Waals surface area contributed by atoms with E-state index in [1.807, 2.05) is 42.5 Å². The molecule has 4 rings (SSSR count). The summed E-state index contributed by atoms with van der Waals surface area (Å²) in [5.74, 6) is 1.02. The fourth-order valence-electron chi connectivity index (χ4n) is 2.64. The van der Waals surface area contributed by atoms with Crippen molar-refractivity contribution in [3.63, 3.8) is 0 Å². The number of esters is 1. The maximum Gasteiger partial charge on any atom is 0.306 e. The molecule has 0 unspecified atom stereocenters. The quantitative estimate of drug-likeness (QED) is 0.437. The number of rotatable bonds is 7. The number of para-hydroxylation sites is 1. The Morgan fingerprint density at radius 3 is 2.89 bits per heavy atom. The van der Waals surface area contributed by atoms with E-state index in [1.165, 1.54) is 0 Å². The van der Waals surface area contributed by atoms with Crippen LogP contribution in [0.15, 0.2) is 53.1 Å². The van der Waals surface area contributed by atoms with Gasteiger partial charge in [0.1, 0.15) is 5.75 Å². The Morgan fingerprint density at radius 2 is 2.04 bits per heavy atom. The maximum atomic E-state index is 12.0. The van der Waals surface area contributed by atoms with E-state index in [4.69, 9.17) is 14.0 Å². The van der Waals surface area contributed by atoms with Gasteiger partial charge in [-0.15, -0.1) is 11.3 Å². The molecule has 0 spiro atoms. The van der Waals surface area contributed by atoms with Gasteiger partial charge >= 0.3 is 5.97 Å². The third-order valence-corrected chi connectivity index (χ3v) is 5.13. The van der Waals surface area contributed by atoms with Gasteiger partial charge < -0.3 is 14.0 Å². The van der Waals surface area contributed by atoms with Crippen LogP contribution in [0.4, 0.5) is 0 Å². The van der Waals surface area contributed by atoms with E-state index in [9.17, 15) is 4.79 Å². The molecule has 0 bridgehead atoms. The Labute approximate surface area is 164 Å². The number of fused-ring (bicyclic) bond motifs is 1. The minimum Gasteiger partial charge on any atom is -0.497 e. The van der Waals surface area contributed by atoms with Crippen molar-refractivity contribution < 1.29 is 18.8 Å². The van der Waals surface area contributed by atoms with Crippen molar-refractivity contribution in [3.8, 4) is 17.1 Å². The number of carbonyl (C=O) groups is 1.